The summed E-state index contributed by atoms with van der Waals surface area (Å²) in [6.45, 7) is 1.08. The minimum atomic E-state index is -1.83. The van der Waals surface area contributed by atoms with Crippen LogP contribution >= 0.6 is 0 Å². The molecule has 0 spiro atoms. The first-order valence-electron chi connectivity index (χ1n) is 1.58. The van der Waals surface area contributed by atoms with Crippen LogP contribution in [0.5, 0.6) is 0 Å². The van der Waals surface area contributed by atoms with Gasteiger partial charge in [-0.15, -0.1) is 0 Å². The summed E-state index contributed by atoms with van der Waals surface area (Å²) in [5.74, 6) is -0.833. The van der Waals surface area contributed by atoms with E-state index < -0.39 is 12.1 Å². The molecule has 0 aromatic heterocycles. The third kappa shape index (κ3) is 464. The molecular weight excluding hydrogens is 179 g/mol. The van der Waals surface area contributed by atoms with E-state index in [1.807, 2.05) is 0 Å². The minimum absolute atomic E-state index is 0. The predicted molar refractivity (Wildman–Crippen MR) is 33.1 cm³/mol. The Morgan fingerprint density at radius 2 is 1.20 bits per heavy atom. The van der Waals surface area contributed by atoms with Crippen molar-refractivity contribution in [2.45, 2.75) is 6.92 Å². The van der Waals surface area contributed by atoms with E-state index in [-0.39, 0.29) is 78.7 Å². The van der Waals surface area contributed by atoms with Gasteiger partial charge in [-0.2, -0.15) is 0 Å². The molecule has 0 atom stereocenters. The Morgan fingerprint density at radius 1 is 1.20 bits per heavy atom. The third-order valence-electron chi connectivity index (χ3n) is 0. The van der Waals surface area contributed by atoms with Crippen molar-refractivity contribution in [3.63, 3.8) is 0 Å². The van der Waals surface area contributed by atoms with E-state index in [2.05, 4.69) is 0 Å². The first-order valence-corrected chi connectivity index (χ1v) is 1.58. The summed E-state index contributed by atoms with van der Waals surface area (Å²) in [5, 5.41) is 21.4. The number of aliphatic carboxylic acids is 1. The van der Waals surface area contributed by atoms with Gasteiger partial charge in [0.25, 0.3) is 5.97 Å². The minimum Gasteiger partial charge on any atom is -1.00 e. The largest absolute Gasteiger partial charge is 2.00 e. The standard InChI is InChI=1S/C2H4O2.CH2O3.K.Mg.3H/c1-2(3)4;2-1(3)4;;;;;/h1H3,(H,3,4);(H2,2,3,4);;;;;/q;;+1;+2;3*-1. The van der Waals surface area contributed by atoms with Crippen LogP contribution in [0.25, 0.3) is 0 Å². The van der Waals surface area contributed by atoms with Crippen molar-refractivity contribution in [2.75, 3.05) is 0 Å². The molecule has 0 amide bonds. The average Bonchev–Trinajstić information content (AvgIpc) is 1.25. The van der Waals surface area contributed by atoms with Crippen molar-refractivity contribution in [1.29, 1.82) is 0 Å². The molecule has 0 aliphatic carbocycles. The van der Waals surface area contributed by atoms with Crippen molar-refractivity contribution in [2.24, 2.45) is 0 Å². The first-order chi connectivity index (χ1) is 3.46. The zero-order chi connectivity index (χ0) is 7.15. The molecule has 0 heterocycles. The van der Waals surface area contributed by atoms with E-state index in [4.69, 9.17) is 24.9 Å². The predicted octanol–water partition coefficient (Wildman–Crippen LogP) is -2.73. The second-order valence-corrected chi connectivity index (χ2v) is 0.802. The Morgan fingerprint density at radius 3 is 1.20 bits per heavy atom. The van der Waals surface area contributed by atoms with Gasteiger partial charge >= 0.3 is 80.6 Å². The molecule has 0 unspecified atom stereocenters. The molecule has 7 heteroatoms. The molecule has 0 aromatic carbocycles. The number of hydrogen-bond acceptors (Lipinski definition) is 2. The normalized spacial score (nSPS) is 4.90. The second-order valence-electron chi connectivity index (χ2n) is 0.802. The number of hydrogen-bond donors (Lipinski definition) is 3. The molecule has 10 heavy (non-hydrogen) atoms. The van der Waals surface area contributed by atoms with Crippen LogP contribution in [0.4, 0.5) is 4.79 Å². The monoisotopic (exact) mass is 188 g/mol. The molecule has 5 nitrogen and oxygen atoms in total. The maximum absolute atomic E-state index is 9.00. The Bertz CT molecular complexity index is 85.0. The summed E-state index contributed by atoms with van der Waals surface area (Å²) in [6, 6.07) is 0. The third-order valence-corrected chi connectivity index (χ3v) is 0. The van der Waals surface area contributed by atoms with E-state index in [0.29, 0.717) is 0 Å². The molecule has 0 rings (SSSR count). The molecule has 0 aliphatic heterocycles. The summed E-state index contributed by atoms with van der Waals surface area (Å²) in [6.07, 6.45) is -1.83. The van der Waals surface area contributed by atoms with Gasteiger partial charge in [-0.1, -0.05) is 0 Å². The van der Waals surface area contributed by atoms with Gasteiger partial charge in [0.1, 0.15) is 0 Å². The SMILES string of the molecule is CC(=O)O.O=C(O)O.[H-].[H-].[H-].[K+].[Mg+2]. The number of carboxylic acid groups (broad SMARTS) is 3. The fourth-order valence-corrected chi connectivity index (χ4v) is 0. The molecule has 0 fully saturated rings. The molecule has 0 saturated carbocycles. The van der Waals surface area contributed by atoms with Crippen LogP contribution < -0.4 is 51.4 Å². The topological polar surface area (TPSA) is 94.8 Å². The van der Waals surface area contributed by atoms with Crippen molar-refractivity contribution >= 4 is 35.2 Å². The molecule has 54 valence electrons. The summed E-state index contributed by atoms with van der Waals surface area (Å²) in [7, 11) is 0. The van der Waals surface area contributed by atoms with Gasteiger partial charge in [0, 0.05) is 6.92 Å². The zero-order valence-corrected chi connectivity index (χ0v) is 10.4. The van der Waals surface area contributed by atoms with Crippen molar-refractivity contribution in [3.05, 3.63) is 0 Å². The summed E-state index contributed by atoms with van der Waals surface area (Å²) in [4.78, 5) is 17.6. The molecular formula is C3H9KMgO5. The molecule has 0 radical (unpaired) electrons. The van der Waals surface area contributed by atoms with Gasteiger partial charge in [-0.05, 0) is 0 Å². The number of carbonyl (C=O) groups is 2. The van der Waals surface area contributed by atoms with E-state index in [9.17, 15) is 0 Å². The summed E-state index contributed by atoms with van der Waals surface area (Å²) >= 11 is 0. The van der Waals surface area contributed by atoms with E-state index in [0.717, 1.165) is 6.92 Å². The Kier molecular flexibility index (Phi) is 37.3. The molecule has 3 N–H and O–H groups in total. The summed E-state index contributed by atoms with van der Waals surface area (Å²) < 4.78 is 0. The molecule has 0 bridgehead atoms. The van der Waals surface area contributed by atoms with Crippen LogP contribution in [0.1, 0.15) is 11.2 Å². The van der Waals surface area contributed by atoms with Crippen LogP contribution in [0.15, 0.2) is 0 Å². The fourth-order valence-electron chi connectivity index (χ4n) is 0. The van der Waals surface area contributed by atoms with Gasteiger partial charge in [0.2, 0.25) is 0 Å². The fraction of sp³-hybridized carbons (Fsp3) is 0.333. The second kappa shape index (κ2) is 16.6. The maximum atomic E-state index is 9.00. The van der Waals surface area contributed by atoms with Crippen LogP contribution in [-0.4, -0.2) is 50.5 Å². The van der Waals surface area contributed by atoms with Gasteiger partial charge < -0.3 is 19.6 Å². The number of carboxylic acids is 1. The Labute approximate surface area is 121 Å². The van der Waals surface area contributed by atoms with Gasteiger partial charge in [-0.25, -0.2) is 4.79 Å². The van der Waals surface area contributed by atoms with Crippen LogP contribution in [0.2, 0.25) is 0 Å². The van der Waals surface area contributed by atoms with Gasteiger partial charge in [0.15, 0.2) is 0 Å². The Balaban J connectivity index is -0.00000000800. The number of rotatable bonds is 0. The van der Waals surface area contributed by atoms with Crippen LogP contribution in [-0.2, 0) is 4.79 Å². The van der Waals surface area contributed by atoms with Gasteiger partial charge in [0.05, 0.1) is 0 Å². The van der Waals surface area contributed by atoms with Crippen LogP contribution in [0.3, 0.4) is 0 Å². The first kappa shape index (κ1) is 22.5. The van der Waals surface area contributed by atoms with Crippen molar-refractivity contribution in [3.8, 4) is 0 Å². The average molecular weight is 189 g/mol. The smallest absolute Gasteiger partial charge is 1.00 e. The van der Waals surface area contributed by atoms with Crippen molar-refractivity contribution < 1.29 is 80.6 Å². The van der Waals surface area contributed by atoms with Gasteiger partial charge in [-0.3, -0.25) is 4.79 Å². The van der Waals surface area contributed by atoms with E-state index in [1.54, 1.807) is 0 Å². The maximum Gasteiger partial charge on any atom is 2.00 e. The van der Waals surface area contributed by atoms with Crippen molar-refractivity contribution in [1.82, 2.24) is 0 Å². The zero-order valence-electron chi connectivity index (χ0n) is 8.87. The summed E-state index contributed by atoms with van der Waals surface area (Å²) in [5.41, 5.74) is 0. The molecule has 0 aromatic rings. The quantitative estimate of drug-likeness (QED) is 0.359. The van der Waals surface area contributed by atoms with E-state index in [1.165, 1.54) is 0 Å². The molecule has 0 saturated heterocycles. The van der Waals surface area contributed by atoms with Crippen LogP contribution in [0, 0.1) is 0 Å². The van der Waals surface area contributed by atoms with E-state index >= 15 is 0 Å². The Hall–Kier alpha value is 1.14. The molecule has 0 aliphatic rings.